The molecule has 4 nitrogen and oxygen atoms in total. The normalized spacial score (nSPS) is 14.8. The second-order valence-electron chi connectivity index (χ2n) is 6.12. The van der Waals surface area contributed by atoms with Gasteiger partial charge in [-0.25, -0.2) is 0 Å². The largest absolute Gasteiger partial charge is 0.300 e. The number of hydrogen-bond acceptors (Lipinski definition) is 3. The molecule has 1 amide bonds. The fraction of sp³-hybridized carbons (Fsp3) is 0.421. The average Bonchev–Trinajstić information content (AvgIpc) is 2.72. The lowest BCUT2D eigenvalue weighted by molar-refractivity contribution is -0.122. The third kappa shape index (κ3) is 3.41. The van der Waals surface area contributed by atoms with Crippen LogP contribution in [0.1, 0.15) is 61.0 Å². The Bertz CT molecular complexity index is 675. The number of benzene rings is 1. The van der Waals surface area contributed by atoms with Crippen molar-refractivity contribution < 1.29 is 14.4 Å². The van der Waals surface area contributed by atoms with E-state index < -0.39 is 6.04 Å². The zero-order chi connectivity index (χ0) is 17.1. The fourth-order valence-corrected chi connectivity index (χ4v) is 3.01. The summed E-state index contributed by atoms with van der Waals surface area (Å²) in [5.74, 6) is -0.189. The molecule has 0 saturated heterocycles. The van der Waals surface area contributed by atoms with Crippen molar-refractivity contribution in [3.05, 3.63) is 41.5 Å². The zero-order valence-corrected chi connectivity index (χ0v) is 14.0. The number of rotatable bonds is 7. The summed E-state index contributed by atoms with van der Waals surface area (Å²) in [4.78, 5) is 38.0. The van der Waals surface area contributed by atoms with Crippen LogP contribution in [0.2, 0.25) is 0 Å². The smallest absolute Gasteiger partial charge is 0.259 e. The molecule has 0 bridgehead atoms. The minimum absolute atomic E-state index is 0.117. The maximum absolute atomic E-state index is 12.7. The molecule has 1 aromatic rings. The molecular weight excluding hydrogens is 290 g/mol. The average molecular weight is 313 g/mol. The molecule has 122 valence electrons. The summed E-state index contributed by atoms with van der Waals surface area (Å²) in [6, 6.07) is 4.94. The van der Waals surface area contributed by atoms with Crippen LogP contribution >= 0.6 is 0 Å². The van der Waals surface area contributed by atoms with E-state index in [-0.39, 0.29) is 17.5 Å². The van der Waals surface area contributed by atoms with E-state index >= 15 is 0 Å². The number of carbonyl (C=O) groups is 3. The van der Waals surface area contributed by atoms with Gasteiger partial charge in [0, 0.05) is 29.7 Å². The van der Waals surface area contributed by atoms with Gasteiger partial charge in [0.05, 0.1) is 6.04 Å². The quantitative estimate of drug-likeness (QED) is 0.774. The first-order chi connectivity index (χ1) is 10.9. The maximum atomic E-state index is 12.7. The SMILES string of the molecule is C=C1c2cc(C)ccc2C(=O)N1C(CCC(=O)CCC)C(C)=O. The first kappa shape index (κ1) is 17.1. The minimum Gasteiger partial charge on any atom is -0.300 e. The number of Topliss-reactive ketones (excluding diaryl/α,β-unsaturated/α-hetero) is 2. The highest BCUT2D eigenvalue weighted by Crippen LogP contribution is 2.35. The Morgan fingerprint density at radius 1 is 1.22 bits per heavy atom. The lowest BCUT2D eigenvalue weighted by Crippen LogP contribution is -2.40. The van der Waals surface area contributed by atoms with Gasteiger partial charge in [0.15, 0.2) is 5.78 Å². The lowest BCUT2D eigenvalue weighted by Gasteiger charge is -2.26. The van der Waals surface area contributed by atoms with Crippen molar-refractivity contribution in [1.29, 1.82) is 0 Å². The highest BCUT2D eigenvalue weighted by Gasteiger charge is 2.37. The molecule has 1 aliphatic rings. The Morgan fingerprint density at radius 3 is 2.52 bits per heavy atom. The molecule has 1 atom stereocenters. The maximum Gasteiger partial charge on any atom is 0.259 e. The Labute approximate surface area is 137 Å². The van der Waals surface area contributed by atoms with Gasteiger partial charge < -0.3 is 0 Å². The zero-order valence-electron chi connectivity index (χ0n) is 14.0. The fourth-order valence-electron chi connectivity index (χ4n) is 3.01. The Hall–Kier alpha value is -2.23. The van der Waals surface area contributed by atoms with Crippen LogP contribution in [0.5, 0.6) is 0 Å². The predicted octanol–water partition coefficient (Wildman–Crippen LogP) is 3.53. The molecule has 1 heterocycles. The van der Waals surface area contributed by atoms with Crippen LogP contribution in [-0.4, -0.2) is 28.4 Å². The lowest BCUT2D eigenvalue weighted by atomic mass is 10.0. The van der Waals surface area contributed by atoms with Gasteiger partial charge in [0.25, 0.3) is 5.91 Å². The molecule has 1 aliphatic heterocycles. The summed E-state index contributed by atoms with van der Waals surface area (Å²) in [7, 11) is 0. The number of amides is 1. The summed E-state index contributed by atoms with van der Waals surface area (Å²) < 4.78 is 0. The summed E-state index contributed by atoms with van der Waals surface area (Å²) >= 11 is 0. The number of nitrogens with zero attached hydrogens (tertiary/aromatic N) is 1. The molecule has 23 heavy (non-hydrogen) atoms. The molecule has 0 aliphatic carbocycles. The number of ketones is 2. The van der Waals surface area contributed by atoms with Crippen LogP contribution < -0.4 is 0 Å². The Balaban J connectivity index is 2.24. The molecule has 0 fully saturated rings. The van der Waals surface area contributed by atoms with E-state index in [1.165, 1.54) is 11.8 Å². The molecule has 0 spiro atoms. The predicted molar refractivity (Wildman–Crippen MR) is 90.0 cm³/mol. The summed E-state index contributed by atoms with van der Waals surface area (Å²) in [6.45, 7) is 9.37. The third-order valence-electron chi connectivity index (χ3n) is 4.23. The van der Waals surface area contributed by atoms with Gasteiger partial charge in [-0.05, 0) is 38.8 Å². The van der Waals surface area contributed by atoms with E-state index in [1.54, 1.807) is 6.07 Å². The van der Waals surface area contributed by atoms with E-state index in [0.717, 1.165) is 17.5 Å². The summed E-state index contributed by atoms with van der Waals surface area (Å²) in [5.41, 5.74) is 2.95. The van der Waals surface area contributed by atoms with Crippen molar-refractivity contribution >= 4 is 23.2 Å². The topological polar surface area (TPSA) is 54.5 Å². The first-order valence-corrected chi connectivity index (χ1v) is 8.02. The molecule has 1 unspecified atom stereocenters. The van der Waals surface area contributed by atoms with Gasteiger partial charge in [0.2, 0.25) is 0 Å². The molecule has 0 N–H and O–H groups in total. The molecule has 0 saturated carbocycles. The summed E-state index contributed by atoms with van der Waals surface area (Å²) in [6.07, 6.45) is 1.97. The highest BCUT2D eigenvalue weighted by atomic mass is 16.2. The van der Waals surface area contributed by atoms with Gasteiger partial charge in [-0.1, -0.05) is 25.1 Å². The molecule has 2 rings (SSSR count). The number of carbonyl (C=O) groups excluding carboxylic acids is 3. The van der Waals surface area contributed by atoms with Crippen LogP contribution in [0, 0.1) is 6.92 Å². The van der Waals surface area contributed by atoms with Crippen LogP contribution in [0.15, 0.2) is 24.8 Å². The Morgan fingerprint density at radius 2 is 1.91 bits per heavy atom. The van der Waals surface area contributed by atoms with Gasteiger partial charge >= 0.3 is 0 Å². The molecule has 4 heteroatoms. The first-order valence-electron chi connectivity index (χ1n) is 8.02. The molecular formula is C19H23NO3. The van der Waals surface area contributed by atoms with Gasteiger partial charge in [-0.15, -0.1) is 0 Å². The minimum atomic E-state index is -0.622. The molecule has 0 aromatic heterocycles. The molecule has 1 aromatic carbocycles. The van der Waals surface area contributed by atoms with Crippen LogP contribution in [0.25, 0.3) is 5.70 Å². The van der Waals surface area contributed by atoms with Crippen molar-refractivity contribution in [3.8, 4) is 0 Å². The Kier molecular flexibility index (Phi) is 5.14. The van der Waals surface area contributed by atoms with Crippen molar-refractivity contribution in [2.75, 3.05) is 0 Å². The van der Waals surface area contributed by atoms with E-state index in [0.29, 0.717) is 30.5 Å². The van der Waals surface area contributed by atoms with Crippen molar-refractivity contribution in [3.63, 3.8) is 0 Å². The van der Waals surface area contributed by atoms with E-state index in [1.807, 2.05) is 26.0 Å². The van der Waals surface area contributed by atoms with Crippen LogP contribution in [0.4, 0.5) is 0 Å². The monoisotopic (exact) mass is 313 g/mol. The van der Waals surface area contributed by atoms with Crippen LogP contribution in [-0.2, 0) is 9.59 Å². The van der Waals surface area contributed by atoms with E-state index in [4.69, 9.17) is 0 Å². The van der Waals surface area contributed by atoms with E-state index in [2.05, 4.69) is 6.58 Å². The van der Waals surface area contributed by atoms with Crippen molar-refractivity contribution in [2.24, 2.45) is 0 Å². The van der Waals surface area contributed by atoms with Gasteiger partial charge in [-0.3, -0.25) is 19.3 Å². The third-order valence-corrected chi connectivity index (χ3v) is 4.23. The van der Waals surface area contributed by atoms with Gasteiger partial charge in [0.1, 0.15) is 5.78 Å². The molecule has 0 radical (unpaired) electrons. The number of aryl methyl sites for hydroxylation is 1. The second kappa shape index (κ2) is 6.90. The standard InChI is InChI=1S/C19H23NO3/c1-5-6-15(22)8-10-18(14(4)21)20-13(3)17-11-12(2)7-9-16(17)19(20)23/h7,9,11,18H,3,5-6,8,10H2,1-2,4H3. The van der Waals surface area contributed by atoms with E-state index in [9.17, 15) is 14.4 Å². The highest BCUT2D eigenvalue weighted by molar-refractivity contribution is 6.11. The number of hydrogen-bond donors (Lipinski definition) is 0. The second-order valence-corrected chi connectivity index (χ2v) is 6.12. The van der Waals surface area contributed by atoms with Gasteiger partial charge in [-0.2, -0.15) is 0 Å². The van der Waals surface area contributed by atoms with Crippen molar-refractivity contribution in [2.45, 2.75) is 52.5 Å². The summed E-state index contributed by atoms with van der Waals surface area (Å²) in [5, 5.41) is 0. The number of fused-ring (bicyclic) bond motifs is 1. The van der Waals surface area contributed by atoms with Crippen LogP contribution in [0.3, 0.4) is 0 Å². The van der Waals surface area contributed by atoms with Crippen molar-refractivity contribution in [1.82, 2.24) is 4.90 Å².